The number of nitrogens with one attached hydrogen (secondary N) is 2. The van der Waals surface area contributed by atoms with Crippen LogP contribution in [0.15, 0.2) is 30.3 Å². The van der Waals surface area contributed by atoms with E-state index in [1.165, 1.54) is 0 Å². The molecule has 4 atom stereocenters. The van der Waals surface area contributed by atoms with Gasteiger partial charge < -0.3 is 15.4 Å². The molecule has 2 fully saturated rings. The van der Waals surface area contributed by atoms with Gasteiger partial charge in [0.25, 0.3) is 0 Å². The van der Waals surface area contributed by atoms with Gasteiger partial charge in [-0.15, -0.1) is 0 Å². The first-order valence-corrected chi connectivity index (χ1v) is 8.29. The molecule has 0 spiro atoms. The molecule has 3 rings (SSSR count). The lowest BCUT2D eigenvalue weighted by molar-refractivity contribution is -0.123. The summed E-state index contributed by atoms with van der Waals surface area (Å²) in [5.41, 5.74) is 0.946. The Balaban J connectivity index is 1.54. The minimum atomic E-state index is -0.453. The fraction of sp³-hybridized carbons (Fsp3) is 0.467. The first-order valence-electron chi connectivity index (χ1n) is 7.05. The summed E-state index contributed by atoms with van der Waals surface area (Å²) in [6.45, 7) is 0.243. The highest BCUT2D eigenvalue weighted by atomic mass is 127. The molecule has 0 radical (unpaired) electrons. The molecule has 2 bridgehead atoms. The Hall–Kier alpha value is -1.31. The monoisotopic (exact) mass is 400 g/mol. The number of carbonyl (C=O) groups excluding carboxylic acids is 2. The van der Waals surface area contributed by atoms with Crippen LogP contribution >= 0.6 is 22.6 Å². The molecular formula is C15H17IN2O3. The molecular weight excluding hydrogens is 383 g/mol. The van der Waals surface area contributed by atoms with Crippen LogP contribution in [-0.2, 0) is 16.1 Å². The predicted molar refractivity (Wildman–Crippen MR) is 86.0 cm³/mol. The third kappa shape index (κ3) is 3.30. The van der Waals surface area contributed by atoms with E-state index in [0.29, 0.717) is 3.92 Å². The molecule has 2 N–H and O–H groups in total. The minimum absolute atomic E-state index is 0.0486. The van der Waals surface area contributed by atoms with Crippen molar-refractivity contribution in [3.05, 3.63) is 35.9 Å². The van der Waals surface area contributed by atoms with Crippen LogP contribution in [0, 0.1) is 5.92 Å². The largest absolute Gasteiger partial charge is 0.445 e. The molecule has 0 unspecified atom stereocenters. The van der Waals surface area contributed by atoms with Crippen LogP contribution in [0.2, 0.25) is 0 Å². The molecule has 6 heteroatoms. The molecule has 112 valence electrons. The van der Waals surface area contributed by atoms with E-state index >= 15 is 0 Å². The van der Waals surface area contributed by atoms with Gasteiger partial charge in [0.2, 0.25) is 5.91 Å². The Morgan fingerprint density at radius 2 is 2.10 bits per heavy atom. The third-order valence-corrected chi connectivity index (χ3v) is 5.47. The maximum absolute atomic E-state index is 11.9. The molecule has 5 nitrogen and oxygen atoms in total. The average Bonchev–Trinajstić information content (AvgIpc) is 2.83. The average molecular weight is 400 g/mol. The number of hydrogen-bond donors (Lipinski definition) is 2. The molecule has 1 aromatic carbocycles. The molecule has 2 aliphatic rings. The summed E-state index contributed by atoms with van der Waals surface area (Å²) in [6, 6.07) is 9.66. The summed E-state index contributed by atoms with van der Waals surface area (Å²) >= 11 is 2.34. The second-order valence-electron chi connectivity index (χ2n) is 5.52. The highest BCUT2D eigenvalue weighted by molar-refractivity contribution is 14.1. The summed E-state index contributed by atoms with van der Waals surface area (Å²) in [7, 11) is 0. The van der Waals surface area contributed by atoms with E-state index < -0.39 is 6.09 Å². The standard InChI is InChI=1S/C15H17IN2O3/c16-11-7-12(10-6-13(11)17-14(10)19)18-15(20)21-8-9-4-2-1-3-5-9/h1-5,10-13H,6-8H2,(H,17,19)(H,18,20)/t10-,11+,12+,13-/m1/s1. The normalized spacial score (nSPS) is 30.6. The highest BCUT2D eigenvalue weighted by Crippen LogP contribution is 2.34. The smallest absolute Gasteiger partial charge is 0.407 e. The number of carbonyl (C=O) groups is 2. The SMILES string of the molecule is O=C(N[C@H]1C[C@H](I)[C@H]2C[C@H]1C(=O)N2)OCc1ccccc1. The maximum Gasteiger partial charge on any atom is 0.407 e. The van der Waals surface area contributed by atoms with E-state index in [-0.39, 0.29) is 30.5 Å². The van der Waals surface area contributed by atoms with E-state index in [1.807, 2.05) is 30.3 Å². The lowest BCUT2D eigenvalue weighted by Crippen LogP contribution is -2.46. The number of fused-ring (bicyclic) bond motifs is 2. The second kappa shape index (κ2) is 6.21. The summed E-state index contributed by atoms with van der Waals surface area (Å²) in [4.78, 5) is 23.8. The number of alkyl carbamates (subject to hydrolysis) is 1. The number of halogens is 1. The lowest BCUT2D eigenvalue weighted by atomic mass is 9.85. The van der Waals surface area contributed by atoms with Gasteiger partial charge in [-0.3, -0.25) is 4.79 Å². The van der Waals surface area contributed by atoms with E-state index in [1.54, 1.807) is 0 Å². The van der Waals surface area contributed by atoms with Gasteiger partial charge in [0, 0.05) is 16.0 Å². The van der Waals surface area contributed by atoms with Crippen molar-refractivity contribution < 1.29 is 14.3 Å². The van der Waals surface area contributed by atoms with Gasteiger partial charge in [-0.2, -0.15) is 0 Å². The Labute approximate surface area is 137 Å². The molecule has 0 aromatic heterocycles. The summed E-state index contributed by atoms with van der Waals surface area (Å²) in [6.07, 6.45) is 1.15. The molecule has 1 aliphatic carbocycles. The Morgan fingerprint density at radius 3 is 2.86 bits per heavy atom. The molecule has 1 aromatic rings. The van der Waals surface area contributed by atoms with Crippen molar-refractivity contribution in [1.29, 1.82) is 0 Å². The summed E-state index contributed by atoms with van der Waals surface area (Å²) in [5, 5.41) is 5.84. The number of ether oxygens (including phenoxy) is 1. The third-order valence-electron chi connectivity index (χ3n) is 4.09. The van der Waals surface area contributed by atoms with Crippen LogP contribution in [0.1, 0.15) is 18.4 Å². The molecule has 2 amide bonds. The molecule has 1 heterocycles. The Kier molecular flexibility index (Phi) is 4.32. The molecule has 1 saturated heterocycles. The van der Waals surface area contributed by atoms with Crippen LogP contribution in [0.5, 0.6) is 0 Å². The van der Waals surface area contributed by atoms with Gasteiger partial charge in [-0.1, -0.05) is 52.9 Å². The van der Waals surface area contributed by atoms with Crippen LogP contribution in [0.3, 0.4) is 0 Å². The zero-order chi connectivity index (χ0) is 14.8. The van der Waals surface area contributed by atoms with Gasteiger partial charge in [-0.25, -0.2) is 4.79 Å². The topological polar surface area (TPSA) is 67.4 Å². The number of hydrogen-bond acceptors (Lipinski definition) is 3. The number of alkyl halides is 1. The van der Waals surface area contributed by atoms with Gasteiger partial charge in [0.1, 0.15) is 6.61 Å². The van der Waals surface area contributed by atoms with Crippen molar-refractivity contribution in [3.8, 4) is 0 Å². The number of amides is 2. The number of rotatable bonds is 3. The molecule has 21 heavy (non-hydrogen) atoms. The van der Waals surface area contributed by atoms with Crippen LogP contribution < -0.4 is 10.6 Å². The quantitative estimate of drug-likeness (QED) is 0.603. The lowest BCUT2D eigenvalue weighted by Gasteiger charge is -2.30. The Morgan fingerprint density at radius 1 is 1.33 bits per heavy atom. The van der Waals surface area contributed by atoms with Gasteiger partial charge in [-0.05, 0) is 18.4 Å². The predicted octanol–water partition coefficient (Wildman–Crippen LogP) is 1.99. The van der Waals surface area contributed by atoms with E-state index in [0.717, 1.165) is 18.4 Å². The van der Waals surface area contributed by atoms with Crippen LogP contribution in [-0.4, -0.2) is 28.0 Å². The Bertz CT molecular complexity index is 537. The van der Waals surface area contributed by atoms with Gasteiger partial charge in [0.05, 0.1) is 5.92 Å². The van der Waals surface area contributed by atoms with E-state index in [2.05, 4.69) is 33.2 Å². The zero-order valence-electron chi connectivity index (χ0n) is 11.4. The molecule has 1 aliphatic heterocycles. The van der Waals surface area contributed by atoms with Crippen molar-refractivity contribution in [1.82, 2.24) is 10.6 Å². The van der Waals surface area contributed by atoms with Crippen LogP contribution in [0.4, 0.5) is 4.79 Å². The summed E-state index contributed by atoms with van der Waals surface area (Å²) in [5.74, 6) is -0.0715. The van der Waals surface area contributed by atoms with E-state index in [4.69, 9.17) is 4.74 Å². The minimum Gasteiger partial charge on any atom is -0.445 e. The van der Waals surface area contributed by atoms with Gasteiger partial charge >= 0.3 is 6.09 Å². The fourth-order valence-corrected chi connectivity index (χ4v) is 3.98. The maximum atomic E-state index is 11.9. The number of benzene rings is 1. The fourth-order valence-electron chi connectivity index (χ4n) is 2.96. The van der Waals surface area contributed by atoms with Crippen molar-refractivity contribution in [2.45, 2.75) is 35.5 Å². The highest BCUT2D eigenvalue weighted by Gasteiger charge is 2.46. The van der Waals surface area contributed by atoms with Gasteiger partial charge in [0.15, 0.2) is 0 Å². The van der Waals surface area contributed by atoms with Crippen molar-refractivity contribution in [2.75, 3.05) is 0 Å². The van der Waals surface area contributed by atoms with E-state index in [9.17, 15) is 9.59 Å². The van der Waals surface area contributed by atoms with Crippen LogP contribution in [0.25, 0.3) is 0 Å². The first kappa shape index (κ1) is 14.6. The summed E-state index contributed by atoms with van der Waals surface area (Å²) < 4.78 is 5.58. The van der Waals surface area contributed by atoms with Crippen molar-refractivity contribution in [3.63, 3.8) is 0 Å². The zero-order valence-corrected chi connectivity index (χ0v) is 13.6. The molecule has 1 saturated carbocycles. The second-order valence-corrected chi connectivity index (χ2v) is 7.12. The van der Waals surface area contributed by atoms with Crippen molar-refractivity contribution in [2.24, 2.45) is 5.92 Å². The van der Waals surface area contributed by atoms with Crippen molar-refractivity contribution >= 4 is 34.6 Å². The first-order chi connectivity index (χ1) is 10.1.